The van der Waals surface area contributed by atoms with Gasteiger partial charge in [0.05, 0.1) is 19.2 Å². The molecule has 1 saturated carbocycles. The largest absolute Gasteiger partial charge is 0.469 e. The zero-order valence-corrected chi connectivity index (χ0v) is 10.2. The van der Waals surface area contributed by atoms with Crippen LogP contribution in [0.5, 0.6) is 0 Å². The first kappa shape index (κ1) is 11.4. The Kier molecular flexibility index (Phi) is 3.77. The van der Waals surface area contributed by atoms with Crippen LogP contribution < -0.4 is 5.32 Å². The van der Waals surface area contributed by atoms with E-state index in [2.05, 4.69) is 15.0 Å². The molecule has 16 heavy (non-hydrogen) atoms. The molecule has 0 atom stereocenters. The van der Waals surface area contributed by atoms with Crippen LogP contribution in [0.1, 0.15) is 31.4 Å². The molecule has 1 aromatic rings. The minimum Gasteiger partial charge on any atom is -0.469 e. The van der Waals surface area contributed by atoms with Gasteiger partial charge in [-0.25, -0.2) is 4.98 Å². The SMILES string of the molecule is COC(=O)Cc1csc(NC2CCCC2)n1. The standard InChI is InChI=1S/C11H16N2O2S/c1-15-10(14)6-9-7-16-11(13-9)12-8-4-2-3-5-8/h7-8H,2-6H2,1H3,(H,12,13). The number of methoxy groups -OCH3 is 1. The molecule has 4 nitrogen and oxygen atoms in total. The molecule has 0 unspecified atom stereocenters. The third kappa shape index (κ3) is 2.95. The van der Waals surface area contributed by atoms with Crippen LogP contribution in [0, 0.1) is 0 Å². The molecular weight excluding hydrogens is 224 g/mol. The minimum absolute atomic E-state index is 0.238. The fourth-order valence-corrected chi connectivity index (χ4v) is 2.71. The van der Waals surface area contributed by atoms with Crippen LogP contribution in [0.15, 0.2) is 5.38 Å². The lowest BCUT2D eigenvalue weighted by atomic mass is 10.3. The molecule has 0 aromatic carbocycles. The summed E-state index contributed by atoms with van der Waals surface area (Å²) in [5.41, 5.74) is 0.789. The van der Waals surface area contributed by atoms with E-state index in [0.717, 1.165) is 10.8 Å². The molecule has 1 aliphatic carbocycles. The second-order valence-electron chi connectivity index (χ2n) is 4.02. The third-order valence-electron chi connectivity index (χ3n) is 2.79. The Morgan fingerprint density at radius 2 is 2.38 bits per heavy atom. The highest BCUT2D eigenvalue weighted by Gasteiger charge is 2.16. The zero-order valence-electron chi connectivity index (χ0n) is 9.36. The van der Waals surface area contributed by atoms with Gasteiger partial charge in [-0.05, 0) is 12.8 Å². The van der Waals surface area contributed by atoms with Gasteiger partial charge in [0.15, 0.2) is 5.13 Å². The van der Waals surface area contributed by atoms with Crippen LogP contribution in [0.4, 0.5) is 5.13 Å². The number of esters is 1. The van der Waals surface area contributed by atoms with Crippen molar-refractivity contribution >= 4 is 22.4 Å². The van der Waals surface area contributed by atoms with Gasteiger partial charge in [-0.1, -0.05) is 12.8 Å². The predicted octanol–water partition coefficient (Wildman–Crippen LogP) is 2.21. The van der Waals surface area contributed by atoms with Gasteiger partial charge in [-0.15, -0.1) is 11.3 Å². The number of anilines is 1. The average Bonchev–Trinajstić information content (AvgIpc) is 2.91. The van der Waals surface area contributed by atoms with Crippen molar-refractivity contribution < 1.29 is 9.53 Å². The van der Waals surface area contributed by atoms with E-state index in [-0.39, 0.29) is 12.4 Å². The minimum atomic E-state index is -0.238. The lowest BCUT2D eigenvalue weighted by Gasteiger charge is -2.09. The van der Waals surface area contributed by atoms with Crippen LogP contribution in [0.25, 0.3) is 0 Å². The van der Waals surface area contributed by atoms with Gasteiger partial charge < -0.3 is 10.1 Å². The molecule has 0 spiro atoms. The predicted molar refractivity (Wildman–Crippen MR) is 63.7 cm³/mol. The fourth-order valence-electron chi connectivity index (χ4n) is 1.92. The fraction of sp³-hybridized carbons (Fsp3) is 0.636. The molecular formula is C11H16N2O2S. The third-order valence-corrected chi connectivity index (χ3v) is 3.61. The molecule has 1 aliphatic rings. The first-order valence-corrected chi connectivity index (χ1v) is 6.43. The van der Waals surface area contributed by atoms with E-state index in [1.807, 2.05) is 5.38 Å². The maximum absolute atomic E-state index is 11.1. The van der Waals surface area contributed by atoms with Gasteiger partial charge in [-0.2, -0.15) is 0 Å². The van der Waals surface area contributed by atoms with Crippen molar-refractivity contribution in [2.75, 3.05) is 12.4 Å². The number of ether oxygens (including phenoxy) is 1. The van der Waals surface area contributed by atoms with Crippen LogP contribution >= 0.6 is 11.3 Å². The number of carbonyl (C=O) groups is 1. The van der Waals surface area contributed by atoms with E-state index in [4.69, 9.17) is 0 Å². The van der Waals surface area contributed by atoms with Gasteiger partial charge in [0.2, 0.25) is 0 Å². The molecule has 1 N–H and O–H groups in total. The quantitative estimate of drug-likeness (QED) is 0.820. The first-order valence-electron chi connectivity index (χ1n) is 5.55. The highest BCUT2D eigenvalue weighted by atomic mass is 32.1. The summed E-state index contributed by atoms with van der Waals surface area (Å²) < 4.78 is 4.60. The van der Waals surface area contributed by atoms with E-state index < -0.39 is 0 Å². The number of carbonyl (C=O) groups excluding carboxylic acids is 1. The zero-order chi connectivity index (χ0) is 11.4. The van der Waals surface area contributed by atoms with Gasteiger partial charge in [0, 0.05) is 11.4 Å². The summed E-state index contributed by atoms with van der Waals surface area (Å²) in [6.45, 7) is 0. The summed E-state index contributed by atoms with van der Waals surface area (Å²) in [5.74, 6) is -0.238. The molecule has 1 aromatic heterocycles. The number of nitrogens with one attached hydrogen (secondary N) is 1. The Morgan fingerprint density at radius 3 is 3.06 bits per heavy atom. The highest BCUT2D eigenvalue weighted by molar-refractivity contribution is 7.13. The van der Waals surface area contributed by atoms with Crippen molar-refractivity contribution in [2.24, 2.45) is 0 Å². The average molecular weight is 240 g/mol. The van der Waals surface area contributed by atoms with Crippen LogP contribution in [-0.4, -0.2) is 24.1 Å². The highest BCUT2D eigenvalue weighted by Crippen LogP contribution is 2.24. The number of nitrogens with zero attached hydrogens (tertiary/aromatic N) is 1. The summed E-state index contributed by atoms with van der Waals surface area (Å²) >= 11 is 1.56. The Labute approximate surface area is 99.0 Å². The summed E-state index contributed by atoms with van der Waals surface area (Å²) in [6, 6.07) is 0.567. The van der Waals surface area contributed by atoms with E-state index in [1.54, 1.807) is 11.3 Å². The van der Waals surface area contributed by atoms with E-state index >= 15 is 0 Å². The van der Waals surface area contributed by atoms with Gasteiger partial charge in [-0.3, -0.25) is 4.79 Å². The van der Waals surface area contributed by atoms with Crippen LogP contribution in [0.3, 0.4) is 0 Å². The molecule has 2 rings (SSSR count). The molecule has 0 bridgehead atoms. The molecule has 0 aliphatic heterocycles. The maximum atomic E-state index is 11.1. The maximum Gasteiger partial charge on any atom is 0.311 e. The number of rotatable bonds is 4. The van der Waals surface area contributed by atoms with Gasteiger partial charge in [0.1, 0.15) is 0 Å². The Bertz CT molecular complexity index is 359. The molecule has 0 radical (unpaired) electrons. The van der Waals surface area contributed by atoms with Gasteiger partial charge in [0.25, 0.3) is 0 Å². The smallest absolute Gasteiger partial charge is 0.311 e. The normalized spacial score (nSPS) is 16.3. The van der Waals surface area contributed by atoms with Crippen molar-refractivity contribution in [3.05, 3.63) is 11.1 Å². The lowest BCUT2D eigenvalue weighted by Crippen LogP contribution is -2.14. The van der Waals surface area contributed by atoms with Crippen molar-refractivity contribution in [1.82, 2.24) is 4.98 Å². The Morgan fingerprint density at radius 1 is 1.62 bits per heavy atom. The van der Waals surface area contributed by atoms with Crippen molar-refractivity contribution in [2.45, 2.75) is 38.1 Å². The molecule has 1 fully saturated rings. The summed E-state index contributed by atoms with van der Waals surface area (Å²) in [5, 5.41) is 6.24. The Hall–Kier alpha value is -1.10. The number of aromatic nitrogens is 1. The summed E-state index contributed by atoms with van der Waals surface area (Å²) in [7, 11) is 1.40. The van der Waals surface area contributed by atoms with Crippen LogP contribution in [-0.2, 0) is 16.0 Å². The molecule has 88 valence electrons. The van der Waals surface area contributed by atoms with Crippen molar-refractivity contribution in [3.8, 4) is 0 Å². The topological polar surface area (TPSA) is 51.2 Å². The van der Waals surface area contributed by atoms with Crippen molar-refractivity contribution in [1.29, 1.82) is 0 Å². The molecule has 1 heterocycles. The van der Waals surface area contributed by atoms with Gasteiger partial charge >= 0.3 is 5.97 Å². The number of hydrogen-bond acceptors (Lipinski definition) is 5. The summed E-state index contributed by atoms with van der Waals surface area (Å²) in [6.07, 6.45) is 5.33. The number of thiazole rings is 1. The molecule has 0 amide bonds. The second kappa shape index (κ2) is 5.30. The first-order chi connectivity index (χ1) is 7.78. The number of hydrogen-bond donors (Lipinski definition) is 1. The lowest BCUT2D eigenvalue weighted by molar-refractivity contribution is -0.139. The van der Waals surface area contributed by atoms with E-state index in [1.165, 1.54) is 32.8 Å². The monoisotopic (exact) mass is 240 g/mol. The van der Waals surface area contributed by atoms with Crippen molar-refractivity contribution in [3.63, 3.8) is 0 Å². The summed E-state index contributed by atoms with van der Waals surface area (Å²) in [4.78, 5) is 15.4. The van der Waals surface area contributed by atoms with E-state index in [0.29, 0.717) is 6.04 Å². The molecule has 0 saturated heterocycles. The molecule has 5 heteroatoms. The van der Waals surface area contributed by atoms with E-state index in [9.17, 15) is 4.79 Å². The second-order valence-corrected chi connectivity index (χ2v) is 4.88. The Balaban J connectivity index is 1.88. The van der Waals surface area contributed by atoms with Crippen LogP contribution in [0.2, 0.25) is 0 Å².